The number of hydrogen-bond acceptors (Lipinski definition) is 3. The van der Waals surface area contributed by atoms with Gasteiger partial charge in [-0.2, -0.15) is 4.31 Å². The van der Waals surface area contributed by atoms with Crippen molar-refractivity contribution in [2.75, 3.05) is 7.05 Å². The minimum atomic E-state index is -3.90. The molecule has 21 heavy (non-hydrogen) atoms. The lowest BCUT2D eigenvalue weighted by atomic mass is 10.1. The van der Waals surface area contributed by atoms with E-state index in [0.29, 0.717) is 16.8 Å². The van der Waals surface area contributed by atoms with E-state index in [1.165, 1.54) is 23.5 Å². The quantitative estimate of drug-likeness (QED) is 0.824. The molecule has 0 fully saturated rings. The molecule has 0 amide bonds. The molecule has 4 nitrogen and oxygen atoms in total. The van der Waals surface area contributed by atoms with E-state index >= 15 is 0 Å². The molecule has 120 valence electrons. The monoisotopic (exact) mass is 380 g/mol. The molecule has 1 unspecified atom stereocenters. The summed E-state index contributed by atoms with van der Waals surface area (Å²) in [5, 5.41) is 0. The molecule has 7 heteroatoms. The Balaban J connectivity index is 3.28. The van der Waals surface area contributed by atoms with Gasteiger partial charge >= 0.3 is 0 Å². The second kappa shape index (κ2) is 7.17. The van der Waals surface area contributed by atoms with E-state index in [-0.39, 0.29) is 23.0 Å². The molecule has 0 aromatic heterocycles. The van der Waals surface area contributed by atoms with Gasteiger partial charge in [0.2, 0.25) is 10.0 Å². The first-order valence-electron chi connectivity index (χ1n) is 6.77. The molecule has 1 rings (SSSR count). The van der Waals surface area contributed by atoms with Gasteiger partial charge in [0.1, 0.15) is 10.7 Å². The van der Waals surface area contributed by atoms with Crippen LogP contribution in [-0.2, 0) is 16.6 Å². The van der Waals surface area contributed by atoms with Gasteiger partial charge in [-0.15, -0.1) is 0 Å². The fourth-order valence-electron chi connectivity index (χ4n) is 2.18. The number of benzene rings is 1. The summed E-state index contributed by atoms with van der Waals surface area (Å²) in [6.07, 6.45) is 0.703. The van der Waals surface area contributed by atoms with Crippen LogP contribution in [0.3, 0.4) is 0 Å². The number of nitrogens with two attached hydrogens (primary N) is 1. The number of hydrogen-bond donors (Lipinski definition) is 1. The van der Waals surface area contributed by atoms with Crippen LogP contribution in [0.4, 0.5) is 4.39 Å². The number of nitrogens with zero attached hydrogens (tertiary/aromatic N) is 1. The highest BCUT2D eigenvalue weighted by atomic mass is 79.9. The average Bonchev–Trinajstić information content (AvgIpc) is 2.38. The third-order valence-electron chi connectivity index (χ3n) is 3.39. The second-order valence-corrected chi connectivity index (χ2v) is 8.46. The Morgan fingerprint density at radius 2 is 1.90 bits per heavy atom. The zero-order chi connectivity index (χ0) is 16.4. The molecule has 0 radical (unpaired) electrons. The van der Waals surface area contributed by atoms with Crippen molar-refractivity contribution in [3.63, 3.8) is 0 Å². The summed E-state index contributed by atoms with van der Waals surface area (Å²) < 4.78 is 41.3. The minimum Gasteiger partial charge on any atom is -0.326 e. The second-order valence-electron chi connectivity index (χ2n) is 5.58. The molecule has 0 aliphatic rings. The summed E-state index contributed by atoms with van der Waals surface area (Å²) >= 11 is 3.20. The zero-order valence-corrected chi connectivity index (χ0v) is 15.1. The van der Waals surface area contributed by atoms with Gasteiger partial charge in [-0.25, -0.2) is 12.8 Å². The third kappa shape index (κ3) is 4.25. The highest BCUT2D eigenvalue weighted by Gasteiger charge is 2.29. The van der Waals surface area contributed by atoms with Gasteiger partial charge in [-0.3, -0.25) is 0 Å². The number of rotatable bonds is 6. The van der Waals surface area contributed by atoms with Crippen LogP contribution in [0.25, 0.3) is 0 Å². The molecule has 0 saturated heterocycles. The predicted octanol–water partition coefficient (Wildman–Crippen LogP) is 3.10. The van der Waals surface area contributed by atoms with Crippen LogP contribution in [-0.4, -0.2) is 25.8 Å². The Morgan fingerprint density at radius 1 is 1.33 bits per heavy atom. The molecular weight excluding hydrogens is 359 g/mol. The smallest absolute Gasteiger partial charge is 0.246 e. The summed E-state index contributed by atoms with van der Waals surface area (Å²) in [5.41, 5.74) is 5.64. The van der Waals surface area contributed by atoms with Gasteiger partial charge in [-0.1, -0.05) is 29.8 Å². The van der Waals surface area contributed by atoms with E-state index in [9.17, 15) is 12.8 Å². The van der Waals surface area contributed by atoms with Crippen LogP contribution in [0.5, 0.6) is 0 Å². The molecule has 0 bridgehead atoms. The van der Waals surface area contributed by atoms with Gasteiger partial charge in [-0.05, 0) is 31.4 Å². The van der Waals surface area contributed by atoms with Gasteiger partial charge in [0.15, 0.2) is 0 Å². The van der Waals surface area contributed by atoms with E-state index in [4.69, 9.17) is 5.73 Å². The van der Waals surface area contributed by atoms with E-state index < -0.39 is 15.8 Å². The normalized spacial score (nSPS) is 14.0. The van der Waals surface area contributed by atoms with Crippen molar-refractivity contribution < 1.29 is 12.8 Å². The van der Waals surface area contributed by atoms with Crippen LogP contribution < -0.4 is 5.73 Å². The lowest BCUT2D eigenvalue weighted by Crippen LogP contribution is -2.36. The van der Waals surface area contributed by atoms with Gasteiger partial charge < -0.3 is 5.73 Å². The lowest BCUT2D eigenvalue weighted by molar-refractivity contribution is 0.336. The van der Waals surface area contributed by atoms with Crippen LogP contribution in [0.1, 0.15) is 32.8 Å². The Bertz CT molecular complexity index is 605. The van der Waals surface area contributed by atoms with Crippen LogP contribution in [0, 0.1) is 11.7 Å². The SMILES string of the molecule is CC(C)CC(C)N(C)S(=O)(=O)c1cc(Br)cc(CN)c1F. The van der Waals surface area contributed by atoms with E-state index in [1.807, 2.05) is 20.8 Å². The third-order valence-corrected chi connectivity index (χ3v) is 5.82. The summed E-state index contributed by atoms with van der Waals surface area (Å²) in [6.45, 7) is 5.79. The van der Waals surface area contributed by atoms with E-state index in [1.54, 1.807) is 0 Å². The number of sulfonamides is 1. The molecular formula is C14H22BrFN2O2S. The maximum atomic E-state index is 14.3. The Hall–Kier alpha value is -0.500. The molecule has 2 N–H and O–H groups in total. The van der Waals surface area contributed by atoms with Crippen molar-refractivity contribution in [1.29, 1.82) is 0 Å². The first-order valence-corrected chi connectivity index (χ1v) is 9.00. The summed E-state index contributed by atoms with van der Waals surface area (Å²) in [4.78, 5) is -0.338. The van der Waals surface area contributed by atoms with Crippen molar-refractivity contribution in [2.24, 2.45) is 11.7 Å². The first kappa shape index (κ1) is 18.5. The summed E-state index contributed by atoms with van der Waals surface area (Å²) in [7, 11) is -2.42. The molecule has 0 spiro atoms. The maximum absolute atomic E-state index is 14.3. The average molecular weight is 381 g/mol. The van der Waals surface area contributed by atoms with Crippen LogP contribution in [0.2, 0.25) is 0 Å². The topological polar surface area (TPSA) is 63.4 Å². The van der Waals surface area contributed by atoms with Crippen molar-refractivity contribution in [3.05, 3.63) is 28.0 Å². The molecule has 1 atom stereocenters. The summed E-state index contributed by atoms with van der Waals surface area (Å²) in [5.74, 6) is -0.422. The van der Waals surface area contributed by atoms with Crippen molar-refractivity contribution in [1.82, 2.24) is 4.31 Å². The van der Waals surface area contributed by atoms with Gasteiger partial charge in [0, 0.05) is 29.7 Å². The van der Waals surface area contributed by atoms with Crippen LogP contribution in [0.15, 0.2) is 21.5 Å². The van der Waals surface area contributed by atoms with E-state index in [0.717, 1.165) is 0 Å². The molecule has 0 heterocycles. The van der Waals surface area contributed by atoms with E-state index in [2.05, 4.69) is 15.9 Å². The molecule has 0 aliphatic carbocycles. The highest BCUT2D eigenvalue weighted by Crippen LogP contribution is 2.27. The molecule has 1 aromatic rings. The molecule has 1 aromatic carbocycles. The Kier molecular flexibility index (Phi) is 6.34. The minimum absolute atomic E-state index is 0.0565. The summed E-state index contributed by atoms with van der Waals surface area (Å²) in [6, 6.07) is 2.56. The molecule has 0 aliphatic heterocycles. The Labute approximate surface area is 134 Å². The van der Waals surface area contributed by atoms with Crippen LogP contribution >= 0.6 is 15.9 Å². The largest absolute Gasteiger partial charge is 0.326 e. The standard InChI is InChI=1S/C14H22BrFN2O2S/c1-9(2)5-10(3)18(4)21(19,20)13-7-12(15)6-11(8-17)14(13)16/h6-7,9-10H,5,8,17H2,1-4H3. The molecule has 0 saturated carbocycles. The number of halogens is 2. The first-order chi connectivity index (χ1) is 9.61. The van der Waals surface area contributed by atoms with Crippen molar-refractivity contribution in [3.8, 4) is 0 Å². The zero-order valence-electron chi connectivity index (χ0n) is 12.7. The fraction of sp³-hybridized carbons (Fsp3) is 0.571. The van der Waals surface area contributed by atoms with Crippen molar-refractivity contribution >= 4 is 26.0 Å². The predicted molar refractivity (Wildman–Crippen MR) is 85.9 cm³/mol. The van der Waals surface area contributed by atoms with Gasteiger partial charge in [0.25, 0.3) is 0 Å². The maximum Gasteiger partial charge on any atom is 0.246 e. The van der Waals surface area contributed by atoms with Gasteiger partial charge in [0.05, 0.1) is 0 Å². The van der Waals surface area contributed by atoms with Crippen molar-refractivity contribution in [2.45, 2.75) is 44.7 Å². The highest BCUT2D eigenvalue weighted by molar-refractivity contribution is 9.10. The fourth-order valence-corrected chi connectivity index (χ4v) is 4.34. The Morgan fingerprint density at radius 3 is 2.38 bits per heavy atom. The lowest BCUT2D eigenvalue weighted by Gasteiger charge is -2.26.